The zero-order valence-electron chi connectivity index (χ0n) is 15.0. The molecule has 4 heteroatoms. The number of hydrogen-bond donors (Lipinski definition) is 2. The molecule has 0 aliphatic rings. The smallest absolute Gasteiger partial charge is 0.220 e. The van der Waals surface area contributed by atoms with Gasteiger partial charge in [0.15, 0.2) is 0 Å². The number of carbonyl (C=O) groups is 1. The third-order valence-corrected chi connectivity index (χ3v) is 4.86. The number of carbonyl (C=O) groups excluding carboxylic acids is 1. The van der Waals surface area contributed by atoms with Crippen molar-refractivity contribution < 1.29 is 9.21 Å². The number of furan rings is 1. The van der Waals surface area contributed by atoms with E-state index in [0.29, 0.717) is 13.0 Å². The predicted molar refractivity (Wildman–Crippen MR) is 106 cm³/mol. The van der Waals surface area contributed by atoms with Crippen LogP contribution in [0.25, 0.3) is 10.9 Å². The van der Waals surface area contributed by atoms with Gasteiger partial charge in [0.05, 0.1) is 12.8 Å². The molecule has 0 bridgehead atoms. The van der Waals surface area contributed by atoms with Crippen LogP contribution in [0.2, 0.25) is 0 Å². The Kier molecular flexibility index (Phi) is 5.06. The minimum atomic E-state index is 0.0256. The van der Waals surface area contributed by atoms with Crippen molar-refractivity contribution in [2.75, 3.05) is 0 Å². The Morgan fingerprint density at radius 3 is 2.63 bits per heavy atom. The van der Waals surface area contributed by atoms with Gasteiger partial charge in [0.2, 0.25) is 5.91 Å². The fourth-order valence-electron chi connectivity index (χ4n) is 3.52. The average molecular weight is 358 g/mol. The summed E-state index contributed by atoms with van der Waals surface area (Å²) in [7, 11) is 0. The van der Waals surface area contributed by atoms with Crippen molar-refractivity contribution >= 4 is 16.8 Å². The van der Waals surface area contributed by atoms with E-state index < -0.39 is 0 Å². The second-order valence-corrected chi connectivity index (χ2v) is 6.74. The van der Waals surface area contributed by atoms with Crippen molar-refractivity contribution in [1.29, 1.82) is 0 Å². The molecule has 1 amide bonds. The van der Waals surface area contributed by atoms with E-state index in [1.165, 1.54) is 16.5 Å². The van der Waals surface area contributed by atoms with Crippen molar-refractivity contribution in [1.82, 2.24) is 10.3 Å². The molecule has 2 aromatic carbocycles. The van der Waals surface area contributed by atoms with Crippen molar-refractivity contribution in [2.24, 2.45) is 0 Å². The second-order valence-electron chi connectivity index (χ2n) is 6.74. The van der Waals surface area contributed by atoms with Crippen LogP contribution in [-0.4, -0.2) is 10.9 Å². The molecule has 136 valence electrons. The van der Waals surface area contributed by atoms with Crippen LogP contribution in [0.3, 0.4) is 0 Å². The van der Waals surface area contributed by atoms with Crippen LogP contribution < -0.4 is 5.32 Å². The van der Waals surface area contributed by atoms with Gasteiger partial charge in [0.1, 0.15) is 5.76 Å². The van der Waals surface area contributed by atoms with E-state index in [9.17, 15) is 4.79 Å². The number of para-hydroxylation sites is 1. The van der Waals surface area contributed by atoms with E-state index in [2.05, 4.69) is 34.6 Å². The summed E-state index contributed by atoms with van der Waals surface area (Å²) < 4.78 is 5.29. The Morgan fingerprint density at radius 1 is 1.00 bits per heavy atom. The summed E-state index contributed by atoms with van der Waals surface area (Å²) in [5, 5.41) is 4.15. The first-order valence-corrected chi connectivity index (χ1v) is 9.18. The molecule has 27 heavy (non-hydrogen) atoms. The molecule has 0 spiro atoms. The van der Waals surface area contributed by atoms with Gasteiger partial charge >= 0.3 is 0 Å². The summed E-state index contributed by atoms with van der Waals surface area (Å²) in [6.07, 6.45) is 4.90. The number of rotatable bonds is 7. The van der Waals surface area contributed by atoms with Crippen LogP contribution in [-0.2, 0) is 17.8 Å². The van der Waals surface area contributed by atoms with Gasteiger partial charge in [0, 0.05) is 23.5 Å². The van der Waals surface area contributed by atoms with Gasteiger partial charge in [-0.25, -0.2) is 0 Å². The quantitative estimate of drug-likeness (QED) is 0.499. The SMILES string of the molecule is O=C(CC(Cc1ccccc1)c1c[nH]c2ccccc12)NCc1ccco1. The van der Waals surface area contributed by atoms with E-state index >= 15 is 0 Å². The fraction of sp³-hybridized carbons (Fsp3) is 0.174. The van der Waals surface area contributed by atoms with Crippen molar-refractivity contribution in [3.63, 3.8) is 0 Å². The predicted octanol–water partition coefficient (Wildman–Crippen LogP) is 4.79. The van der Waals surface area contributed by atoms with Crippen molar-refractivity contribution in [2.45, 2.75) is 25.3 Å². The molecule has 0 saturated carbocycles. The van der Waals surface area contributed by atoms with E-state index in [1.807, 2.05) is 48.7 Å². The zero-order valence-corrected chi connectivity index (χ0v) is 15.0. The summed E-state index contributed by atoms with van der Waals surface area (Å²) >= 11 is 0. The fourth-order valence-corrected chi connectivity index (χ4v) is 3.52. The number of hydrogen-bond acceptors (Lipinski definition) is 2. The highest BCUT2D eigenvalue weighted by atomic mass is 16.3. The zero-order chi connectivity index (χ0) is 18.5. The summed E-state index contributed by atoms with van der Waals surface area (Å²) in [6.45, 7) is 0.414. The number of aromatic amines is 1. The highest BCUT2D eigenvalue weighted by molar-refractivity contribution is 5.85. The lowest BCUT2D eigenvalue weighted by atomic mass is 9.88. The molecule has 4 rings (SSSR count). The lowest BCUT2D eigenvalue weighted by Gasteiger charge is -2.17. The summed E-state index contributed by atoms with van der Waals surface area (Å²) in [5.41, 5.74) is 3.51. The Morgan fingerprint density at radius 2 is 1.81 bits per heavy atom. The first-order chi connectivity index (χ1) is 13.3. The van der Waals surface area contributed by atoms with Crippen LogP contribution in [0.15, 0.2) is 83.6 Å². The molecule has 1 atom stereocenters. The average Bonchev–Trinajstić information content (AvgIpc) is 3.36. The van der Waals surface area contributed by atoms with Crippen LogP contribution >= 0.6 is 0 Å². The standard InChI is InChI=1S/C23H22N2O2/c26-23(25-15-19-9-6-12-27-19)14-18(13-17-7-2-1-3-8-17)21-16-24-22-11-5-4-10-20(21)22/h1-12,16,18,24H,13-15H2,(H,25,26). The lowest BCUT2D eigenvalue weighted by Crippen LogP contribution is -2.25. The Labute approximate surface area is 158 Å². The summed E-state index contributed by atoms with van der Waals surface area (Å²) in [4.78, 5) is 15.9. The minimum Gasteiger partial charge on any atom is -0.467 e. The minimum absolute atomic E-state index is 0.0256. The number of fused-ring (bicyclic) bond motifs is 1. The van der Waals surface area contributed by atoms with E-state index in [0.717, 1.165) is 17.7 Å². The summed E-state index contributed by atoms with van der Waals surface area (Å²) in [5.74, 6) is 0.882. The molecule has 0 aliphatic heterocycles. The molecule has 1 unspecified atom stereocenters. The van der Waals surface area contributed by atoms with Gasteiger partial charge in [-0.15, -0.1) is 0 Å². The maximum absolute atomic E-state index is 12.6. The topological polar surface area (TPSA) is 58.0 Å². The second kappa shape index (κ2) is 7.96. The van der Waals surface area contributed by atoms with Crippen LogP contribution in [0.5, 0.6) is 0 Å². The largest absolute Gasteiger partial charge is 0.467 e. The Bertz CT molecular complexity index is 1000. The highest BCUT2D eigenvalue weighted by Crippen LogP contribution is 2.30. The molecule has 0 radical (unpaired) electrons. The van der Waals surface area contributed by atoms with Gasteiger partial charge in [-0.2, -0.15) is 0 Å². The normalized spacial score (nSPS) is 12.1. The molecule has 0 saturated heterocycles. The third-order valence-electron chi connectivity index (χ3n) is 4.86. The highest BCUT2D eigenvalue weighted by Gasteiger charge is 2.20. The van der Waals surface area contributed by atoms with Gasteiger partial charge in [-0.05, 0) is 41.7 Å². The Balaban J connectivity index is 1.55. The van der Waals surface area contributed by atoms with Gasteiger partial charge in [0.25, 0.3) is 0 Å². The summed E-state index contributed by atoms with van der Waals surface area (Å²) in [6, 6.07) is 22.2. The van der Waals surface area contributed by atoms with Crippen LogP contribution in [0.4, 0.5) is 0 Å². The first-order valence-electron chi connectivity index (χ1n) is 9.18. The molecule has 2 heterocycles. The van der Waals surface area contributed by atoms with Gasteiger partial charge in [-0.3, -0.25) is 4.79 Å². The van der Waals surface area contributed by atoms with Crippen LogP contribution in [0.1, 0.15) is 29.2 Å². The number of benzene rings is 2. The van der Waals surface area contributed by atoms with Gasteiger partial charge in [-0.1, -0.05) is 48.5 Å². The van der Waals surface area contributed by atoms with E-state index in [4.69, 9.17) is 4.42 Å². The molecular weight excluding hydrogens is 336 g/mol. The van der Waals surface area contributed by atoms with Crippen molar-refractivity contribution in [3.05, 3.63) is 96.1 Å². The third kappa shape index (κ3) is 4.11. The maximum atomic E-state index is 12.6. The van der Waals surface area contributed by atoms with Crippen LogP contribution in [0, 0.1) is 0 Å². The molecule has 4 aromatic rings. The number of amides is 1. The molecular formula is C23H22N2O2. The molecule has 4 nitrogen and oxygen atoms in total. The first kappa shape index (κ1) is 17.2. The van der Waals surface area contributed by atoms with E-state index in [-0.39, 0.29) is 11.8 Å². The van der Waals surface area contributed by atoms with Gasteiger partial charge < -0.3 is 14.7 Å². The maximum Gasteiger partial charge on any atom is 0.220 e. The monoisotopic (exact) mass is 358 g/mol. The number of nitrogens with one attached hydrogen (secondary N) is 2. The number of aromatic nitrogens is 1. The Hall–Kier alpha value is -3.27. The number of H-pyrrole nitrogens is 1. The van der Waals surface area contributed by atoms with Crippen molar-refractivity contribution in [3.8, 4) is 0 Å². The van der Waals surface area contributed by atoms with E-state index in [1.54, 1.807) is 6.26 Å². The molecule has 2 N–H and O–H groups in total. The molecule has 0 aliphatic carbocycles. The molecule has 0 fully saturated rings. The lowest BCUT2D eigenvalue weighted by molar-refractivity contribution is -0.121. The molecule has 2 aromatic heterocycles.